The lowest BCUT2D eigenvalue weighted by molar-refractivity contribution is 0.315. The first kappa shape index (κ1) is 19.5. The Kier molecular flexibility index (Phi) is 4.88. The van der Waals surface area contributed by atoms with Gasteiger partial charge in [-0.05, 0) is 38.2 Å². The minimum Gasteiger partial charge on any atom is -0.459 e. The van der Waals surface area contributed by atoms with Crippen LogP contribution in [0.3, 0.4) is 0 Å². The van der Waals surface area contributed by atoms with Crippen molar-refractivity contribution in [3.8, 4) is 17.2 Å². The fourth-order valence-electron chi connectivity index (χ4n) is 4.19. The van der Waals surface area contributed by atoms with Crippen LogP contribution in [-0.2, 0) is 5.41 Å². The third-order valence-electron chi connectivity index (χ3n) is 5.93. The molecular formula is C25H29N3O. The van der Waals surface area contributed by atoms with E-state index >= 15 is 0 Å². The highest BCUT2D eigenvalue weighted by atomic mass is 16.3. The second kappa shape index (κ2) is 7.24. The van der Waals surface area contributed by atoms with Crippen LogP contribution < -0.4 is 4.90 Å². The maximum atomic E-state index is 9.86. The molecule has 2 aromatic carbocycles. The maximum Gasteiger partial charge on any atom is 0.154 e. The zero-order valence-electron chi connectivity index (χ0n) is 18.0. The number of hydrogen-bond acceptors (Lipinski definition) is 4. The molecule has 0 aliphatic carbocycles. The number of hydrogen-bond donors (Lipinski definition) is 0. The predicted molar refractivity (Wildman–Crippen MR) is 119 cm³/mol. The highest BCUT2D eigenvalue weighted by Crippen LogP contribution is 2.43. The van der Waals surface area contributed by atoms with Crippen molar-refractivity contribution in [2.45, 2.75) is 38.6 Å². The second-order valence-corrected chi connectivity index (χ2v) is 9.25. The van der Waals surface area contributed by atoms with Crippen LogP contribution in [0.5, 0.6) is 0 Å². The summed E-state index contributed by atoms with van der Waals surface area (Å²) >= 11 is 0. The van der Waals surface area contributed by atoms with Gasteiger partial charge in [0.05, 0.1) is 11.3 Å². The molecule has 0 radical (unpaired) electrons. The van der Waals surface area contributed by atoms with Gasteiger partial charge in [0.1, 0.15) is 11.8 Å². The molecule has 0 spiro atoms. The molecule has 1 saturated heterocycles. The van der Waals surface area contributed by atoms with Crippen LogP contribution in [0.4, 0.5) is 5.69 Å². The van der Waals surface area contributed by atoms with Gasteiger partial charge in [-0.1, -0.05) is 51.1 Å². The summed E-state index contributed by atoms with van der Waals surface area (Å²) in [6, 6.07) is 17.4. The van der Waals surface area contributed by atoms with Gasteiger partial charge in [-0.15, -0.1) is 0 Å². The molecule has 0 N–H and O–H groups in total. The monoisotopic (exact) mass is 387 g/mol. The molecule has 1 fully saturated rings. The van der Waals surface area contributed by atoms with Crippen molar-refractivity contribution < 1.29 is 4.42 Å². The summed E-state index contributed by atoms with van der Waals surface area (Å²) < 4.78 is 6.26. The van der Waals surface area contributed by atoms with Crippen molar-refractivity contribution in [2.24, 2.45) is 0 Å². The van der Waals surface area contributed by atoms with Gasteiger partial charge in [0.25, 0.3) is 0 Å². The number of nitrogens with zero attached hydrogens (tertiary/aromatic N) is 3. The van der Waals surface area contributed by atoms with Gasteiger partial charge in [-0.25, -0.2) is 0 Å². The number of nitriles is 1. The first-order chi connectivity index (χ1) is 13.8. The number of furan rings is 1. The van der Waals surface area contributed by atoms with Crippen molar-refractivity contribution in [1.82, 2.24) is 4.90 Å². The van der Waals surface area contributed by atoms with Crippen LogP contribution in [0.25, 0.3) is 22.1 Å². The standard InChI is InChI=1S/C25H29N3O/c1-25(2,3)22-14-21-23(28-12-11-19(16-28)27(4)5)20(17-9-7-6-8-10-17)13-18(15-26)24(21)29-22/h6-10,13-14,19H,11-12,16H2,1-5H3/t19-/m0/s1. The Balaban J connectivity index is 1.99. The average Bonchev–Trinajstić information content (AvgIpc) is 3.35. The highest BCUT2D eigenvalue weighted by molar-refractivity contribution is 6.03. The van der Waals surface area contributed by atoms with E-state index in [4.69, 9.17) is 4.42 Å². The maximum absolute atomic E-state index is 9.86. The van der Waals surface area contributed by atoms with Gasteiger partial charge >= 0.3 is 0 Å². The largest absolute Gasteiger partial charge is 0.459 e. The molecule has 2 heterocycles. The molecule has 150 valence electrons. The summed E-state index contributed by atoms with van der Waals surface area (Å²) in [5, 5.41) is 10.9. The average molecular weight is 388 g/mol. The van der Waals surface area contributed by atoms with Crippen LogP contribution in [0.2, 0.25) is 0 Å². The second-order valence-electron chi connectivity index (χ2n) is 9.25. The van der Waals surface area contributed by atoms with E-state index in [0.717, 1.165) is 41.8 Å². The lowest BCUT2D eigenvalue weighted by atomic mass is 9.92. The third-order valence-corrected chi connectivity index (χ3v) is 5.93. The molecule has 3 aromatic rings. The molecule has 4 heteroatoms. The minimum absolute atomic E-state index is 0.118. The van der Waals surface area contributed by atoms with Gasteiger partial charge in [0.2, 0.25) is 0 Å². The van der Waals surface area contributed by atoms with Gasteiger partial charge in [0, 0.05) is 35.5 Å². The van der Waals surface area contributed by atoms with E-state index in [1.165, 1.54) is 5.69 Å². The summed E-state index contributed by atoms with van der Waals surface area (Å²) in [5.74, 6) is 0.916. The molecule has 0 amide bonds. The van der Waals surface area contributed by atoms with Crippen LogP contribution >= 0.6 is 0 Å². The van der Waals surface area contributed by atoms with Gasteiger partial charge in [-0.2, -0.15) is 5.26 Å². The number of likely N-dealkylation sites (N-methyl/N-ethyl adjacent to an activating group) is 1. The van der Waals surface area contributed by atoms with Crippen LogP contribution in [0, 0.1) is 11.3 Å². The van der Waals surface area contributed by atoms with Crippen LogP contribution in [0.15, 0.2) is 46.9 Å². The van der Waals surface area contributed by atoms with Crippen molar-refractivity contribution >= 4 is 16.7 Å². The predicted octanol–water partition coefficient (Wildman–Crippen LogP) is 5.41. The Hall–Kier alpha value is -2.77. The Morgan fingerprint density at radius 2 is 1.86 bits per heavy atom. The zero-order chi connectivity index (χ0) is 20.8. The summed E-state index contributed by atoms with van der Waals surface area (Å²) in [4.78, 5) is 4.78. The van der Waals surface area contributed by atoms with E-state index in [-0.39, 0.29) is 5.41 Å². The van der Waals surface area contributed by atoms with Crippen molar-refractivity contribution in [3.63, 3.8) is 0 Å². The normalized spacial score (nSPS) is 17.3. The zero-order valence-corrected chi connectivity index (χ0v) is 18.0. The molecular weight excluding hydrogens is 358 g/mol. The lowest BCUT2D eigenvalue weighted by Crippen LogP contribution is -2.31. The molecule has 4 rings (SSSR count). The number of fused-ring (bicyclic) bond motifs is 1. The van der Waals surface area contributed by atoms with E-state index in [1.54, 1.807) is 0 Å². The number of anilines is 1. The van der Waals surface area contributed by atoms with Crippen LogP contribution in [-0.4, -0.2) is 38.1 Å². The van der Waals surface area contributed by atoms with E-state index < -0.39 is 0 Å². The molecule has 4 nitrogen and oxygen atoms in total. The Bertz CT molecular complexity index is 1070. The smallest absolute Gasteiger partial charge is 0.154 e. The first-order valence-electron chi connectivity index (χ1n) is 10.3. The van der Waals surface area contributed by atoms with Crippen LogP contribution in [0.1, 0.15) is 38.5 Å². The molecule has 0 unspecified atom stereocenters. The molecule has 1 aliphatic heterocycles. The van der Waals surface area contributed by atoms with Gasteiger partial charge in [0.15, 0.2) is 5.58 Å². The van der Waals surface area contributed by atoms with Gasteiger partial charge in [-0.3, -0.25) is 0 Å². The van der Waals surface area contributed by atoms with E-state index in [9.17, 15) is 5.26 Å². The summed E-state index contributed by atoms with van der Waals surface area (Å²) in [5.41, 5.74) is 4.62. The lowest BCUT2D eigenvalue weighted by Gasteiger charge is -2.25. The van der Waals surface area contributed by atoms with Crippen molar-refractivity contribution in [3.05, 3.63) is 53.8 Å². The molecule has 1 aliphatic rings. The van der Waals surface area contributed by atoms with Crippen molar-refractivity contribution in [1.29, 1.82) is 5.26 Å². The molecule has 0 bridgehead atoms. The molecule has 1 aromatic heterocycles. The topological polar surface area (TPSA) is 43.4 Å². The SMILES string of the molecule is CN(C)[C@H]1CCN(c2c(-c3ccccc3)cc(C#N)c3oc(C(C)(C)C)cc23)C1. The minimum atomic E-state index is -0.118. The molecule has 29 heavy (non-hydrogen) atoms. The third kappa shape index (κ3) is 3.52. The molecule has 1 atom stereocenters. The fourth-order valence-corrected chi connectivity index (χ4v) is 4.19. The fraction of sp³-hybridized carbons (Fsp3) is 0.400. The van der Waals surface area contributed by atoms with Crippen molar-refractivity contribution in [2.75, 3.05) is 32.1 Å². The highest BCUT2D eigenvalue weighted by Gasteiger charge is 2.30. The Morgan fingerprint density at radius 3 is 2.45 bits per heavy atom. The first-order valence-corrected chi connectivity index (χ1v) is 10.3. The quantitative estimate of drug-likeness (QED) is 0.603. The summed E-state index contributed by atoms with van der Waals surface area (Å²) in [6.07, 6.45) is 1.13. The van der Waals surface area contributed by atoms with E-state index in [0.29, 0.717) is 17.2 Å². The summed E-state index contributed by atoms with van der Waals surface area (Å²) in [6.45, 7) is 8.41. The van der Waals surface area contributed by atoms with E-state index in [1.807, 2.05) is 12.1 Å². The Labute approximate surface area is 173 Å². The molecule has 0 saturated carbocycles. The van der Waals surface area contributed by atoms with Gasteiger partial charge < -0.3 is 14.2 Å². The van der Waals surface area contributed by atoms with E-state index in [2.05, 4.69) is 81.1 Å². The number of benzene rings is 2. The Morgan fingerprint density at radius 1 is 1.14 bits per heavy atom. The number of rotatable bonds is 3. The summed E-state index contributed by atoms with van der Waals surface area (Å²) in [7, 11) is 4.30.